The van der Waals surface area contributed by atoms with Crippen LogP contribution in [0.2, 0.25) is 5.02 Å². The number of nitrogens with zero attached hydrogens (tertiary/aromatic N) is 1. The summed E-state index contributed by atoms with van der Waals surface area (Å²) in [4.78, 5) is 14.5. The lowest BCUT2D eigenvalue weighted by Gasteiger charge is -2.12. The van der Waals surface area contributed by atoms with Crippen LogP contribution in [-0.4, -0.2) is 24.9 Å². The topological polar surface area (TPSA) is 46.3 Å². The predicted octanol–water partition coefficient (Wildman–Crippen LogP) is 3.92. The third-order valence-corrected chi connectivity index (χ3v) is 4.37. The number of halogens is 1. The minimum atomic E-state index is -0.0247. The van der Waals surface area contributed by atoms with Gasteiger partial charge in [-0.1, -0.05) is 23.7 Å². The molecule has 0 bridgehead atoms. The molecule has 0 saturated heterocycles. The van der Waals surface area contributed by atoms with Crippen molar-refractivity contribution >= 4 is 35.0 Å². The molecule has 0 heterocycles. The van der Waals surface area contributed by atoms with Crippen molar-refractivity contribution in [2.24, 2.45) is 0 Å². The number of anilines is 1. The van der Waals surface area contributed by atoms with Gasteiger partial charge in [-0.25, -0.2) is 0 Å². The molecule has 0 aliphatic rings. The Hall–Kier alpha value is -1.65. The first-order valence-corrected chi connectivity index (χ1v) is 7.82. The number of carbonyl (C=O) groups excluding carboxylic acids is 1. The molecule has 0 saturated carbocycles. The maximum absolute atomic E-state index is 12.0. The van der Waals surface area contributed by atoms with Gasteiger partial charge in [-0.2, -0.15) is 0 Å². The summed E-state index contributed by atoms with van der Waals surface area (Å²) in [6.45, 7) is 0. The second-order valence-corrected chi connectivity index (χ2v) is 6.32. The molecule has 0 fully saturated rings. The average molecular weight is 321 g/mol. The van der Waals surface area contributed by atoms with Gasteiger partial charge in [-0.05, 0) is 35.9 Å². The Labute approximate surface area is 134 Å². The van der Waals surface area contributed by atoms with Gasteiger partial charge in [0.25, 0.3) is 5.91 Å². The molecule has 3 nitrogen and oxygen atoms in total. The van der Waals surface area contributed by atoms with E-state index in [4.69, 9.17) is 17.3 Å². The van der Waals surface area contributed by atoms with Crippen molar-refractivity contribution in [2.45, 2.75) is 10.6 Å². The molecule has 1 amide bonds. The third-order valence-electron chi connectivity index (χ3n) is 2.97. The zero-order chi connectivity index (χ0) is 15.4. The molecule has 0 radical (unpaired) electrons. The van der Waals surface area contributed by atoms with Gasteiger partial charge in [-0.15, -0.1) is 11.8 Å². The number of amides is 1. The zero-order valence-electron chi connectivity index (χ0n) is 12.0. The van der Waals surface area contributed by atoms with Crippen LogP contribution in [0.15, 0.2) is 47.4 Å². The van der Waals surface area contributed by atoms with E-state index < -0.39 is 0 Å². The number of hydrogen-bond donors (Lipinski definition) is 1. The van der Waals surface area contributed by atoms with Crippen molar-refractivity contribution in [3.8, 4) is 0 Å². The molecule has 0 aromatic heterocycles. The van der Waals surface area contributed by atoms with E-state index in [1.54, 1.807) is 42.9 Å². The average Bonchev–Trinajstić information content (AvgIpc) is 2.47. The minimum Gasteiger partial charge on any atom is -0.398 e. The molecular formula is C16H17ClN2OS. The molecule has 5 heteroatoms. The van der Waals surface area contributed by atoms with Gasteiger partial charge >= 0.3 is 0 Å². The van der Waals surface area contributed by atoms with Crippen LogP contribution in [0, 0.1) is 0 Å². The van der Waals surface area contributed by atoms with Crippen molar-refractivity contribution in [2.75, 3.05) is 19.8 Å². The van der Waals surface area contributed by atoms with E-state index in [2.05, 4.69) is 0 Å². The molecule has 21 heavy (non-hydrogen) atoms. The Kier molecular flexibility index (Phi) is 5.15. The van der Waals surface area contributed by atoms with Crippen molar-refractivity contribution < 1.29 is 4.79 Å². The summed E-state index contributed by atoms with van der Waals surface area (Å²) in [7, 11) is 3.47. The molecule has 0 aliphatic heterocycles. The van der Waals surface area contributed by atoms with Crippen LogP contribution in [-0.2, 0) is 5.75 Å². The highest BCUT2D eigenvalue weighted by atomic mass is 35.5. The molecule has 0 unspecified atom stereocenters. The fourth-order valence-electron chi connectivity index (χ4n) is 1.79. The number of nitrogens with two attached hydrogens (primary N) is 1. The van der Waals surface area contributed by atoms with Crippen molar-refractivity contribution in [3.05, 3.63) is 58.6 Å². The van der Waals surface area contributed by atoms with Crippen LogP contribution in [0.1, 0.15) is 15.9 Å². The Morgan fingerprint density at radius 2 is 1.86 bits per heavy atom. The summed E-state index contributed by atoms with van der Waals surface area (Å²) in [5.74, 6) is 0.754. The maximum Gasteiger partial charge on any atom is 0.253 e. The summed E-state index contributed by atoms with van der Waals surface area (Å²) in [5.41, 5.74) is 8.48. The second kappa shape index (κ2) is 6.87. The highest BCUT2D eigenvalue weighted by Crippen LogP contribution is 2.29. The van der Waals surface area contributed by atoms with Gasteiger partial charge in [0.1, 0.15) is 0 Å². The van der Waals surface area contributed by atoms with Gasteiger partial charge in [0.05, 0.1) is 0 Å². The van der Waals surface area contributed by atoms with E-state index >= 15 is 0 Å². The normalized spacial score (nSPS) is 10.4. The van der Waals surface area contributed by atoms with Crippen molar-refractivity contribution in [1.29, 1.82) is 0 Å². The number of thioether (sulfide) groups is 1. The highest BCUT2D eigenvalue weighted by molar-refractivity contribution is 7.98. The van der Waals surface area contributed by atoms with E-state index in [0.717, 1.165) is 21.2 Å². The van der Waals surface area contributed by atoms with Crippen LogP contribution in [0.4, 0.5) is 5.69 Å². The lowest BCUT2D eigenvalue weighted by Crippen LogP contribution is -2.21. The Morgan fingerprint density at radius 1 is 1.19 bits per heavy atom. The van der Waals surface area contributed by atoms with Crippen LogP contribution in [0.25, 0.3) is 0 Å². The first-order chi connectivity index (χ1) is 9.97. The molecule has 2 aromatic rings. The SMILES string of the molecule is CN(C)C(=O)c1ccc(N)c(SCc2ccc(Cl)cc2)c1. The number of rotatable bonds is 4. The van der Waals surface area contributed by atoms with Crippen LogP contribution < -0.4 is 5.73 Å². The molecule has 110 valence electrons. The number of benzene rings is 2. The zero-order valence-corrected chi connectivity index (χ0v) is 13.5. The maximum atomic E-state index is 12.0. The molecule has 2 aromatic carbocycles. The molecule has 2 N–H and O–H groups in total. The predicted molar refractivity (Wildman–Crippen MR) is 89.9 cm³/mol. The van der Waals surface area contributed by atoms with Crippen LogP contribution in [0.5, 0.6) is 0 Å². The monoisotopic (exact) mass is 320 g/mol. The first-order valence-electron chi connectivity index (χ1n) is 6.46. The summed E-state index contributed by atoms with van der Waals surface area (Å²) in [6, 6.07) is 13.1. The number of nitrogen functional groups attached to an aromatic ring is 1. The fraction of sp³-hybridized carbons (Fsp3) is 0.188. The van der Waals surface area contributed by atoms with Gasteiger partial charge in [-0.3, -0.25) is 4.79 Å². The minimum absolute atomic E-state index is 0.0247. The highest BCUT2D eigenvalue weighted by Gasteiger charge is 2.10. The standard InChI is InChI=1S/C16H17ClN2OS/c1-19(2)16(20)12-5-8-14(18)15(9-12)21-10-11-3-6-13(17)7-4-11/h3-9H,10,18H2,1-2H3. The quantitative estimate of drug-likeness (QED) is 0.686. The van der Waals surface area contributed by atoms with Gasteiger partial charge in [0.15, 0.2) is 0 Å². The summed E-state index contributed by atoms with van der Waals surface area (Å²) < 4.78 is 0. The van der Waals surface area contributed by atoms with E-state index in [0.29, 0.717) is 11.3 Å². The third kappa shape index (κ3) is 4.16. The van der Waals surface area contributed by atoms with Gasteiger partial charge < -0.3 is 10.6 Å². The van der Waals surface area contributed by atoms with E-state index in [1.807, 2.05) is 30.3 Å². The van der Waals surface area contributed by atoms with E-state index in [1.165, 1.54) is 0 Å². The molecular weight excluding hydrogens is 304 g/mol. The second-order valence-electron chi connectivity index (χ2n) is 4.87. The van der Waals surface area contributed by atoms with Gasteiger partial charge in [0, 0.05) is 41.0 Å². The molecule has 0 atom stereocenters. The van der Waals surface area contributed by atoms with E-state index in [-0.39, 0.29) is 5.91 Å². The fourth-order valence-corrected chi connectivity index (χ4v) is 2.88. The number of carbonyl (C=O) groups is 1. The molecule has 2 rings (SSSR count). The number of hydrogen-bond acceptors (Lipinski definition) is 3. The lowest BCUT2D eigenvalue weighted by atomic mass is 10.2. The van der Waals surface area contributed by atoms with Crippen LogP contribution >= 0.6 is 23.4 Å². The smallest absolute Gasteiger partial charge is 0.253 e. The van der Waals surface area contributed by atoms with Gasteiger partial charge in [0.2, 0.25) is 0 Å². The molecule has 0 aliphatic carbocycles. The molecule has 0 spiro atoms. The van der Waals surface area contributed by atoms with E-state index in [9.17, 15) is 4.79 Å². The Bertz CT molecular complexity index is 641. The van der Waals surface area contributed by atoms with Crippen molar-refractivity contribution in [1.82, 2.24) is 4.90 Å². The van der Waals surface area contributed by atoms with Crippen LogP contribution in [0.3, 0.4) is 0 Å². The lowest BCUT2D eigenvalue weighted by molar-refractivity contribution is 0.0827. The Balaban J connectivity index is 2.14. The largest absolute Gasteiger partial charge is 0.398 e. The summed E-state index contributed by atoms with van der Waals surface area (Å²) >= 11 is 7.48. The summed E-state index contributed by atoms with van der Waals surface area (Å²) in [5, 5.41) is 0.724. The first kappa shape index (κ1) is 15.7. The Morgan fingerprint density at radius 3 is 2.48 bits per heavy atom. The van der Waals surface area contributed by atoms with Crippen molar-refractivity contribution in [3.63, 3.8) is 0 Å². The summed E-state index contributed by atoms with van der Waals surface area (Å²) in [6.07, 6.45) is 0.